The summed E-state index contributed by atoms with van der Waals surface area (Å²) in [7, 11) is 0. The van der Waals surface area contributed by atoms with Crippen LogP contribution in [0.3, 0.4) is 0 Å². The van der Waals surface area contributed by atoms with Crippen LogP contribution < -0.4 is 0 Å². The topological polar surface area (TPSA) is 53.5 Å². The Morgan fingerprint density at radius 2 is 0.652 bits per heavy atom. The third kappa shape index (κ3) is 6.23. The lowest BCUT2D eigenvalue weighted by Gasteiger charge is -2.12. The third-order valence-corrected chi connectivity index (χ3v) is 13.7. The molecule has 0 aliphatic carbocycles. The Morgan fingerprint density at radius 3 is 1.22 bits per heavy atom. The van der Waals surface area contributed by atoms with Gasteiger partial charge in [0, 0.05) is 54.8 Å². The van der Waals surface area contributed by atoms with E-state index in [1.807, 2.05) is 36.4 Å². The number of nitrogens with zero attached hydrogens (tertiary/aromatic N) is 6. The Hall–Kier alpha value is -9.39. The number of aromatic nitrogens is 6. The predicted molar refractivity (Wildman–Crippen MR) is 285 cm³/mol. The summed E-state index contributed by atoms with van der Waals surface area (Å²) >= 11 is 0. The van der Waals surface area contributed by atoms with Gasteiger partial charge in [0.2, 0.25) is 5.95 Å². The molecule has 4 aromatic heterocycles. The second-order valence-corrected chi connectivity index (χ2v) is 17.6. The zero-order valence-electron chi connectivity index (χ0n) is 37.3. The molecule has 10 aromatic carbocycles. The van der Waals surface area contributed by atoms with Crippen molar-refractivity contribution in [3.8, 4) is 62.4 Å². The first-order valence-corrected chi connectivity index (χ1v) is 23.4. The van der Waals surface area contributed by atoms with Crippen LogP contribution in [0.5, 0.6) is 0 Å². The van der Waals surface area contributed by atoms with Crippen molar-refractivity contribution in [3.05, 3.63) is 243 Å². The van der Waals surface area contributed by atoms with E-state index in [4.69, 9.17) is 15.0 Å². The molecule has 4 heterocycles. The highest BCUT2D eigenvalue weighted by Gasteiger charge is 2.24. The van der Waals surface area contributed by atoms with E-state index in [9.17, 15) is 0 Å². The van der Waals surface area contributed by atoms with Crippen LogP contribution in [-0.2, 0) is 0 Å². The van der Waals surface area contributed by atoms with Crippen LogP contribution in [-0.4, -0.2) is 28.7 Å². The summed E-state index contributed by atoms with van der Waals surface area (Å²) in [6.45, 7) is 0. The summed E-state index contributed by atoms with van der Waals surface area (Å²) < 4.78 is 7.02. The maximum Gasteiger partial charge on any atom is 0.238 e. The normalized spacial score (nSPS) is 11.8. The van der Waals surface area contributed by atoms with Crippen molar-refractivity contribution in [1.82, 2.24) is 28.7 Å². The summed E-state index contributed by atoms with van der Waals surface area (Å²) in [5.41, 5.74) is 15.5. The minimum atomic E-state index is 0.566. The molecule has 14 aromatic rings. The van der Waals surface area contributed by atoms with Crippen LogP contribution in [0.1, 0.15) is 0 Å². The second kappa shape index (κ2) is 15.6. The molecule has 0 saturated heterocycles. The van der Waals surface area contributed by atoms with E-state index >= 15 is 0 Å². The quantitative estimate of drug-likeness (QED) is 0.160. The number of hydrogen-bond acceptors (Lipinski definition) is 3. The van der Waals surface area contributed by atoms with E-state index in [-0.39, 0.29) is 0 Å². The summed E-state index contributed by atoms with van der Waals surface area (Å²) in [6, 6.07) is 86.4. The standard InChI is InChI=1S/C63H40N6/c1-5-17-43(18-6-1)61-64-62(44-19-7-2-8-20-44)66-63(65-61)69-55-28-16-13-25-49(55)51-35-38-58-59(60(51)69)53-40-46(34-37-57(53)68(58)48-23-11-4-12-24-48)42-31-29-41(30-32-42)45-33-36-56-52(39-45)50-26-14-15-27-54(50)67(56)47-21-9-3-10-22-47/h1-40H. The van der Waals surface area contributed by atoms with Crippen molar-refractivity contribution < 1.29 is 0 Å². The van der Waals surface area contributed by atoms with Crippen LogP contribution >= 0.6 is 0 Å². The van der Waals surface area contributed by atoms with Gasteiger partial charge in [0.25, 0.3) is 0 Å². The summed E-state index contributed by atoms with van der Waals surface area (Å²) in [6.07, 6.45) is 0. The number of fused-ring (bicyclic) bond motifs is 10. The zero-order valence-corrected chi connectivity index (χ0v) is 37.3. The lowest BCUT2D eigenvalue weighted by molar-refractivity contribution is 0.955. The zero-order chi connectivity index (χ0) is 45.4. The fraction of sp³-hybridized carbons (Fsp3) is 0. The first-order chi connectivity index (χ1) is 34.2. The average Bonchev–Trinajstić information content (AvgIpc) is 4.07. The van der Waals surface area contributed by atoms with Gasteiger partial charge in [-0.3, -0.25) is 4.57 Å². The number of benzene rings is 10. The van der Waals surface area contributed by atoms with Crippen LogP contribution in [0, 0.1) is 0 Å². The molecule has 0 aliphatic heterocycles. The molecule has 0 atom stereocenters. The van der Waals surface area contributed by atoms with Gasteiger partial charge >= 0.3 is 0 Å². The van der Waals surface area contributed by atoms with Gasteiger partial charge in [-0.1, -0.05) is 176 Å². The van der Waals surface area contributed by atoms with E-state index in [1.165, 1.54) is 32.9 Å². The highest BCUT2D eigenvalue weighted by Crippen LogP contribution is 2.43. The van der Waals surface area contributed by atoms with E-state index in [0.717, 1.165) is 77.2 Å². The van der Waals surface area contributed by atoms with Gasteiger partial charge in [0.05, 0.1) is 33.1 Å². The Labute approximate surface area is 397 Å². The summed E-state index contributed by atoms with van der Waals surface area (Å²) in [4.78, 5) is 15.7. The van der Waals surface area contributed by atoms with Crippen molar-refractivity contribution in [1.29, 1.82) is 0 Å². The second-order valence-electron chi connectivity index (χ2n) is 17.6. The van der Waals surface area contributed by atoms with Gasteiger partial charge in [-0.05, 0) is 89.0 Å². The molecular weight excluding hydrogens is 841 g/mol. The van der Waals surface area contributed by atoms with Crippen molar-refractivity contribution in [2.45, 2.75) is 0 Å². The first-order valence-electron chi connectivity index (χ1n) is 23.4. The Bertz CT molecular complexity index is 4210. The van der Waals surface area contributed by atoms with E-state index in [0.29, 0.717) is 17.6 Å². The van der Waals surface area contributed by atoms with Crippen LogP contribution in [0.15, 0.2) is 243 Å². The highest BCUT2D eigenvalue weighted by molar-refractivity contribution is 6.26. The average molecular weight is 881 g/mol. The maximum absolute atomic E-state index is 5.30. The van der Waals surface area contributed by atoms with Crippen LogP contribution in [0.4, 0.5) is 0 Å². The largest absolute Gasteiger partial charge is 0.309 e. The van der Waals surface area contributed by atoms with Gasteiger partial charge in [0.15, 0.2) is 11.6 Å². The SMILES string of the molecule is c1ccc(-c2nc(-c3ccccc3)nc(-n3c4ccccc4c4ccc5c(c6cc(-c7ccc(-c8ccc9c(c8)c8ccccc8n9-c8ccccc8)cc7)ccc6n5-c5ccccc5)c43)n2)cc1. The fourth-order valence-electron chi connectivity index (χ4n) is 10.6. The van der Waals surface area contributed by atoms with Gasteiger partial charge in [-0.25, -0.2) is 4.98 Å². The molecule has 6 nitrogen and oxygen atoms in total. The van der Waals surface area contributed by atoms with Crippen molar-refractivity contribution >= 4 is 65.4 Å². The molecule has 69 heavy (non-hydrogen) atoms. The molecule has 0 aliphatic rings. The molecule has 0 fully saturated rings. The monoisotopic (exact) mass is 880 g/mol. The molecule has 0 spiro atoms. The molecule has 322 valence electrons. The molecule has 0 bridgehead atoms. The Kier molecular flexibility index (Phi) is 8.79. The molecule has 6 heteroatoms. The van der Waals surface area contributed by atoms with Gasteiger partial charge in [-0.2, -0.15) is 9.97 Å². The Morgan fingerprint density at radius 1 is 0.246 bits per heavy atom. The summed E-state index contributed by atoms with van der Waals surface area (Å²) in [5, 5.41) is 7.02. The van der Waals surface area contributed by atoms with Crippen molar-refractivity contribution in [2.24, 2.45) is 0 Å². The van der Waals surface area contributed by atoms with Crippen LogP contribution in [0.25, 0.3) is 128 Å². The molecule has 14 rings (SSSR count). The fourth-order valence-corrected chi connectivity index (χ4v) is 10.6. The smallest absolute Gasteiger partial charge is 0.238 e. The number of para-hydroxylation sites is 4. The third-order valence-electron chi connectivity index (χ3n) is 13.7. The highest BCUT2D eigenvalue weighted by atomic mass is 15.2. The Balaban J connectivity index is 0.971. The number of hydrogen-bond donors (Lipinski definition) is 0. The molecule has 0 saturated carbocycles. The minimum absolute atomic E-state index is 0.566. The molecule has 0 radical (unpaired) electrons. The predicted octanol–water partition coefficient (Wildman–Crippen LogP) is 15.8. The summed E-state index contributed by atoms with van der Waals surface area (Å²) in [5.74, 6) is 1.80. The number of rotatable bonds is 7. The van der Waals surface area contributed by atoms with E-state index in [1.54, 1.807) is 0 Å². The molecular formula is C63H40N6. The van der Waals surface area contributed by atoms with Crippen LogP contribution in [0.2, 0.25) is 0 Å². The van der Waals surface area contributed by atoms with Gasteiger partial charge < -0.3 is 9.13 Å². The molecule has 0 amide bonds. The van der Waals surface area contributed by atoms with Crippen molar-refractivity contribution in [3.63, 3.8) is 0 Å². The van der Waals surface area contributed by atoms with Crippen molar-refractivity contribution in [2.75, 3.05) is 0 Å². The maximum atomic E-state index is 5.30. The minimum Gasteiger partial charge on any atom is -0.309 e. The molecule has 0 N–H and O–H groups in total. The van der Waals surface area contributed by atoms with Gasteiger partial charge in [0.1, 0.15) is 0 Å². The van der Waals surface area contributed by atoms with E-state index in [2.05, 4.69) is 220 Å². The lowest BCUT2D eigenvalue weighted by atomic mass is 9.98. The molecule has 0 unspecified atom stereocenters. The lowest BCUT2D eigenvalue weighted by Crippen LogP contribution is -2.06. The first kappa shape index (κ1) is 38.8. The van der Waals surface area contributed by atoms with E-state index < -0.39 is 0 Å². The van der Waals surface area contributed by atoms with Gasteiger partial charge in [-0.15, -0.1) is 0 Å².